The van der Waals surface area contributed by atoms with Crippen molar-refractivity contribution in [2.45, 2.75) is 34.2 Å². The van der Waals surface area contributed by atoms with Crippen molar-refractivity contribution in [1.82, 2.24) is 20.5 Å². The molecule has 1 aliphatic rings. The molecule has 6 rings (SSSR count). The quantitative estimate of drug-likeness (QED) is 0.112. The summed E-state index contributed by atoms with van der Waals surface area (Å²) in [6.45, 7) is 9.22. The van der Waals surface area contributed by atoms with Crippen LogP contribution in [0.1, 0.15) is 32.4 Å². The first-order valence-corrected chi connectivity index (χ1v) is 16.6. The number of anilines is 1. The summed E-state index contributed by atoms with van der Waals surface area (Å²) in [7, 11) is 1.70. The monoisotopic (exact) mass is 673 g/mol. The lowest BCUT2D eigenvalue weighted by atomic mass is 10.1. The molecule has 0 bridgehead atoms. The molecule has 1 aliphatic heterocycles. The van der Waals surface area contributed by atoms with E-state index in [9.17, 15) is 9.18 Å². The summed E-state index contributed by atoms with van der Waals surface area (Å²) in [6.07, 6.45) is 3.13. The van der Waals surface area contributed by atoms with Gasteiger partial charge < -0.3 is 25.5 Å². The number of hydrogen-bond acceptors (Lipinski definition) is 7. The Kier molecular flexibility index (Phi) is 15.4. The Morgan fingerprint density at radius 3 is 2.38 bits per heavy atom. The molecule has 1 saturated heterocycles. The summed E-state index contributed by atoms with van der Waals surface area (Å²) in [5.41, 5.74) is 4.89. The van der Waals surface area contributed by atoms with Crippen LogP contribution in [0.15, 0.2) is 91.1 Å². The average Bonchev–Trinajstić information content (AvgIpc) is 3.54. The van der Waals surface area contributed by atoms with Crippen molar-refractivity contribution in [3.05, 3.63) is 108 Å². The lowest BCUT2D eigenvalue weighted by Gasteiger charge is -2.27. The fourth-order valence-corrected chi connectivity index (χ4v) is 5.91. The van der Waals surface area contributed by atoms with Crippen LogP contribution in [-0.4, -0.2) is 54.5 Å². The Labute approximate surface area is 287 Å². The number of aromatic nitrogens is 1. The number of carbonyl (C=O) groups is 1. The number of fused-ring (bicyclic) bond motifs is 1. The molecule has 0 radical (unpaired) electrons. The lowest BCUT2D eigenvalue weighted by Crippen LogP contribution is -2.42. The van der Waals surface area contributed by atoms with E-state index in [0.29, 0.717) is 23.0 Å². The molecule has 5 aromatic rings. The third-order valence-electron chi connectivity index (χ3n) is 7.03. The van der Waals surface area contributed by atoms with Crippen molar-refractivity contribution < 1.29 is 13.9 Å². The second-order valence-corrected chi connectivity index (χ2v) is 11.6. The highest BCUT2D eigenvalue weighted by atomic mass is 32.1. The molecule has 0 saturated carbocycles. The minimum atomic E-state index is -0.476. The zero-order chi connectivity index (χ0) is 32.7. The van der Waals surface area contributed by atoms with Gasteiger partial charge >= 0.3 is 0 Å². The van der Waals surface area contributed by atoms with Gasteiger partial charge in [-0.3, -0.25) is 9.88 Å². The topological polar surface area (TPSA) is 78.5 Å². The van der Waals surface area contributed by atoms with Crippen LogP contribution >= 0.6 is 23.6 Å². The molecule has 0 atom stereocenters. The number of nitrogens with zero attached hydrogens (tertiary/aromatic N) is 2. The molecular formula is C37H44FN5O2S2. The van der Waals surface area contributed by atoms with Gasteiger partial charge in [0.2, 0.25) is 0 Å². The fourth-order valence-electron chi connectivity index (χ4n) is 4.72. The van der Waals surface area contributed by atoms with E-state index < -0.39 is 5.82 Å². The van der Waals surface area contributed by atoms with E-state index >= 15 is 0 Å². The fraction of sp³-hybridized carbons (Fsp3) is 0.270. The number of halogens is 1. The van der Waals surface area contributed by atoms with Gasteiger partial charge in [0.1, 0.15) is 12.0 Å². The number of nitrogens with one attached hydrogen (secondary N) is 3. The molecule has 0 amide bonds. The van der Waals surface area contributed by atoms with Crippen LogP contribution < -0.4 is 20.7 Å². The number of thiophene rings is 1. The predicted molar refractivity (Wildman–Crippen MR) is 199 cm³/mol. The van der Waals surface area contributed by atoms with Crippen LogP contribution in [0.5, 0.6) is 11.5 Å². The van der Waals surface area contributed by atoms with Crippen molar-refractivity contribution in [2.75, 3.05) is 38.5 Å². The number of pyridine rings is 1. The van der Waals surface area contributed by atoms with Gasteiger partial charge in [-0.25, -0.2) is 4.39 Å². The molecule has 0 unspecified atom stereocenters. The van der Waals surface area contributed by atoms with Crippen LogP contribution in [0.25, 0.3) is 20.7 Å². The molecule has 47 heavy (non-hydrogen) atoms. The minimum Gasteiger partial charge on any atom is -0.453 e. The maximum absolute atomic E-state index is 14.7. The van der Waals surface area contributed by atoms with Gasteiger partial charge in [0.05, 0.1) is 10.2 Å². The number of piperazine rings is 1. The molecule has 3 aromatic carbocycles. The maximum atomic E-state index is 14.7. The third kappa shape index (κ3) is 10.9. The van der Waals surface area contributed by atoms with Crippen LogP contribution in [0.2, 0.25) is 0 Å². The van der Waals surface area contributed by atoms with E-state index in [2.05, 4.69) is 56.2 Å². The number of rotatable bonds is 8. The molecule has 10 heteroatoms. The molecule has 3 heterocycles. The van der Waals surface area contributed by atoms with Crippen molar-refractivity contribution in [2.24, 2.45) is 0 Å². The normalized spacial score (nSPS) is 12.3. The van der Waals surface area contributed by atoms with Gasteiger partial charge in [-0.2, -0.15) is 0 Å². The number of carbonyl (C=O) groups excluding carboxylic acids is 1. The van der Waals surface area contributed by atoms with Crippen molar-refractivity contribution in [3.8, 4) is 21.9 Å². The van der Waals surface area contributed by atoms with E-state index in [1.807, 2.05) is 44.2 Å². The smallest absolute Gasteiger partial charge is 0.170 e. The molecule has 3 N–H and O–H groups in total. The first kappa shape index (κ1) is 37.2. The zero-order valence-electron chi connectivity index (χ0n) is 26.4. The third-order valence-corrected chi connectivity index (χ3v) is 8.52. The highest BCUT2D eigenvalue weighted by Crippen LogP contribution is 2.39. The molecule has 1 fully saturated rings. The van der Waals surface area contributed by atoms with Crippen molar-refractivity contribution >= 4 is 50.9 Å². The van der Waals surface area contributed by atoms with Crippen LogP contribution in [-0.2, 0) is 17.8 Å². The van der Waals surface area contributed by atoms with Gasteiger partial charge in [0.15, 0.2) is 16.7 Å². The van der Waals surface area contributed by atoms with Crippen LogP contribution in [0.3, 0.4) is 0 Å². The summed E-state index contributed by atoms with van der Waals surface area (Å²) >= 11 is 6.66. The van der Waals surface area contributed by atoms with E-state index in [1.165, 1.54) is 11.6 Å². The second kappa shape index (κ2) is 19.4. The van der Waals surface area contributed by atoms with E-state index in [4.69, 9.17) is 17.0 Å². The zero-order valence-corrected chi connectivity index (χ0v) is 28.0. The van der Waals surface area contributed by atoms with E-state index in [1.54, 1.807) is 42.8 Å². The summed E-state index contributed by atoms with van der Waals surface area (Å²) in [5, 5.41) is 9.52. The molecule has 0 spiro atoms. The van der Waals surface area contributed by atoms with E-state index in [-0.39, 0.29) is 13.2 Å². The van der Waals surface area contributed by atoms with Crippen LogP contribution in [0, 0.1) is 5.82 Å². The van der Waals surface area contributed by atoms with Crippen molar-refractivity contribution in [1.29, 1.82) is 0 Å². The number of benzene rings is 3. The molecule has 2 aromatic heterocycles. The Hall–Kier alpha value is -4.22. The lowest BCUT2D eigenvalue weighted by molar-refractivity contribution is -0.107. The van der Waals surface area contributed by atoms with Gasteiger partial charge in [-0.15, -0.1) is 11.3 Å². The number of hydrogen-bond donors (Lipinski definition) is 3. The molecular weight excluding hydrogens is 630 g/mol. The number of ether oxygens (including phenoxy) is 1. The molecule has 7 nitrogen and oxygen atoms in total. The summed E-state index contributed by atoms with van der Waals surface area (Å²) in [6, 6.07) is 26.9. The van der Waals surface area contributed by atoms with Gasteiger partial charge in [0.25, 0.3) is 0 Å². The van der Waals surface area contributed by atoms with E-state index in [0.717, 1.165) is 65.2 Å². The summed E-state index contributed by atoms with van der Waals surface area (Å²) in [4.78, 5) is 18.0. The maximum Gasteiger partial charge on any atom is 0.170 e. The highest BCUT2D eigenvalue weighted by molar-refractivity contribution is 7.80. The Balaban J connectivity index is 0.000000430. The second-order valence-electron chi connectivity index (χ2n) is 10.2. The molecule has 0 aliphatic carbocycles. The van der Waals surface area contributed by atoms with Gasteiger partial charge in [-0.05, 0) is 47.1 Å². The first-order chi connectivity index (χ1) is 22.5. The van der Waals surface area contributed by atoms with Crippen molar-refractivity contribution in [3.63, 3.8) is 0 Å². The van der Waals surface area contributed by atoms with Gasteiger partial charge in [0, 0.05) is 75.1 Å². The first-order valence-electron chi connectivity index (χ1n) is 15.4. The SMILES string of the molecule is C.CC.CNC(=S)Nc1ccc(Oc2ccnc3cc(-c4ccc(CN5CCNCC5)cc4)sc23)c(F)c1.O=CCc1ccccc1. The van der Waals surface area contributed by atoms with Crippen LogP contribution in [0.4, 0.5) is 10.1 Å². The average molecular weight is 674 g/mol. The minimum absolute atomic E-state index is 0. The summed E-state index contributed by atoms with van der Waals surface area (Å²) < 4.78 is 21.6. The standard InChI is InChI=1S/C26H26FN5OS2.C8H8O.C2H6.CH4/c1-28-26(34)31-19-6-7-22(20(27)14-19)33-23-8-9-30-21-15-24(35-25(21)23)18-4-2-17(3-5-18)16-32-12-10-29-11-13-32;9-7-6-8-4-2-1-3-5-8;1-2;/h2-9,14-15,29H,10-13,16H2,1H3,(H2,28,31,34);1-5,7H,6H2;1-2H3;1H4. The Morgan fingerprint density at radius 1 is 1.00 bits per heavy atom. The molecule has 248 valence electrons. The van der Waals surface area contributed by atoms with Gasteiger partial charge in [-0.1, -0.05) is 75.9 Å². The summed E-state index contributed by atoms with van der Waals surface area (Å²) in [5.74, 6) is 0.244. The highest BCUT2D eigenvalue weighted by Gasteiger charge is 2.14. The number of thiocarbonyl (C=S) groups is 1. The Bertz CT molecular complexity index is 1690. The Morgan fingerprint density at radius 2 is 1.72 bits per heavy atom. The number of aldehydes is 1. The largest absolute Gasteiger partial charge is 0.453 e. The predicted octanol–water partition coefficient (Wildman–Crippen LogP) is 8.31.